The Morgan fingerprint density at radius 2 is 1.90 bits per heavy atom. The van der Waals surface area contributed by atoms with Crippen LogP contribution in [0.1, 0.15) is 35.2 Å². The van der Waals surface area contributed by atoms with Crippen LogP contribution in [0.15, 0.2) is 47.5 Å². The van der Waals surface area contributed by atoms with Crippen molar-refractivity contribution in [3.8, 4) is 5.75 Å². The van der Waals surface area contributed by atoms with Gasteiger partial charge in [0.1, 0.15) is 11.6 Å². The van der Waals surface area contributed by atoms with Gasteiger partial charge in [0.2, 0.25) is 5.91 Å². The van der Waals surface area contributed by atoms with Crippen molar-refractivity contribution in [1.82, 2.24) is 10.2 Å². The molecule has 4 N–H and O–H groups in total. The second kappa shape index (κ2) is 8.66. The van der Waals surface area contributed by atoms with Crippen LogP contribution in [0.3, 0.4) is 0 Å². The monoisotopic (exact) mass is 394 g/mol. The van der Waals surface area contributed by atoms with Crippen molar-refractivity contribution in [1.29, 1.82) is 0 Å². The third kappa shape index (κ3) is 4.59. The lowest BCUT2D eigenvalue weighted by Crippen LogP contribution is -2.51. The minimum atomic E-state index is -0.656. The number of hydrogen-bond acceptors (Lipinski definition) is 5. The van der Waals surface area contributed by atoms with Crippen molar-refractivity contribution in [2.45, 2.75) is 45.3 Å². The number of nitrogens with zero attached hydrogens (tertiary/aromatic N) is 2. The number of aryl methyl sites for hydroxylation is 2. The van der Waals surface area contributed by atoms with Gasteiger partial charge in [-0.1, -0.05) is 30.3 Å². The number of likely N-dealkylation sites (N-methyl/N-ethyl adjacent to an activating group) is 1. The zero-order valence-electron chi connectivity index (χ0n) is 17.5. The Kier molecular flexibility index (Phi) is 6.23. The molecule has 1 heterocycles. The number of phenols is 1. The van der Waals surface area contributed by atoms with Crippen molar-refractivity contribution < 1.29 is 9.90 Å². The standard InChI is InChI=1S/C23H30N4O2/c1-14-10-18(28)11-15(2)19(14)12-20(24)23(29)27(4)16(3)22-25-13-21(26-22)17-8-6-5-7-9-17/h5-11,16,20-21,28H,12-13,24H2,1-4H3,(H,25,26)/t16-,20-,21?/m0/s1. The van der Waals surface area contributed by atoms with Crippen LogP contribution in [0.5, 0.6) is 5.75 Å². The highest BCUT2D eigenvalue weighted by molar-refractivity contribution is 5.93. The van der Waals surface area contributed by atoms with E-state index >= 15 is 0 Å². The van der Waals surface area contributed by atoms with Gasteiger partial charge in [-0.2, -0.15) is 0 Å². The second-order valence-corrected chi connectivity index (χ2v) is 7.83. The number of phenolic OH excluding ortho intramolecular Hbond substituents is 1. The first-order valence-electron chi connectivity index (χ1n) is 9.95. The number of amidine groups is 1. The summed E-state index contributed by atoms with van der Waals surface area (Å²) in [6.07, 6.45) is 0.431. The van der Waals surface area contributed by atoms with Crippen LogP contribution >= 0.6 is 0 Å². The van der Waals surface area contributed by atoms with Crippen LogP contribution in [0.2, 0.25) is 0 Å². The largest absolute Gasteiger partial charge is 0.508 e. The second-order valence-electron chi connectivity index (χ2n) is 7.83. The van der Waals surface area contributed by atoms with Gasteiger partial charge in [-0.05, 0) is 61.6 Å². The first-order chi connectivity index (χ1) is 13.8. The Labute approximate surface area is 172 Å². The number of nitrogens with two attached hydrogens (primary N) is 1. The predicted molar refractivity (Wildman–Crippen MR) is 116 cm³/mol. The highest BCUT2D eigenvalue weighted by Gasteiger charge is 2.29. The Hall–Kier alpha value is -2.86. The molecule has 0 aromatic heterocycles. The maximum absolute atomic E-state index is 13.0. The van der Waals surface area contributed by atoms with Crippen LogP contribution in [0.4, 0.5) is 0 Å². The first-order valence-corrected chi connectivity index (χ1v) is 9.95. The number of nitrogens with one attached hydrogen (secondary N) is 1. The molecular formula is C23H30N4O2. The van der Waals surface area contributed by atoms with E-state index in [0.29, 0.717) is 13.0 Å². The van der Waals surface area contributed by atoms with Crippen LogP contribution < -0.4 is 11.1 Å². The highest BCUT2D eigenvalue weighted by Crippen LogP contribution is 2.23. The molecule has 3 atom stereocenters. The SMILES string of the molecule is Cc1cc(O)cc(C)c1C[C@H](N)C(=O)N(C)[C@@H](C)C1=NCC(c2ccccc2)N1. The Bertz CT molecular complexity index is 887. The lowest BCUT2D eigenvalue weighted by Gasteiger charge is -2.29. The van der Waals surface area contributed by atoms with Crippen LogP contribution in [0, 0.1) is 13.8 Å². The van der Waals surface area contributed by atoms with Crippen molar-refractivity contribution in [3.05, 3.63) is 64.7 Å². The summed E-state index contributed by atoms with van der Waals surface area (Å²) in [7, 11) is 1.77. The summed E-state index contributed by atoms with van der Waals surface area (Å²) in [5.74, 6) is 0.906. The van der Waals surface area contributed by atoms with Gasteiger partial charge < -0.3 is 21.1 Å². The number of carbonyl (C=O) groups is 1. The molecule has 0 saturated carbocycles. The molecule has 6 heteroatoms. The molecule has 2 aromatic rings. The fourth-order valence-electron chi connectivity index (χ4n) is 3.82. The lowest BCUT2D eigenvalue weighted by atomic mass is 9.95. The minimum Gasteiger partial charge on any atom is -0.508 e. The number of carbonyl (C=O) groups excluding carboxylic acids is 1. The number of aliphatic imine (C=N–C) groups is 1. The van der Waals surface area contributed by atoms with Gasteiger partial charge >= 0.3 is 0 Å². The third-order valence-corrected chi connectivity index (χ3v) is 5.71. The smallest absolute Gasteiger partial charge is 0.240 e. The summed E-state index contributed by atoms with van der Waals surface area (Å²) in [5, 5.41) is 13.2. The van der Waals surface area contributed by atoms with Crippen molar-refractivity contribution >= 4 is 11.7 Å². The van der Waals surface area contributed by atoms with Crippen molar-refractivity contribution in [2.24, 2.45) is 10.7 Å². The Balaban J connectivity index is 1.64. The number of benzene rings is 2. The molecule has 0 spiro atoms. The third-order valence-electron chi connectivity index (χ3n) is 5.71. The van der Waals surface area contributed by atoms with Crippen LogP contribution in [-0.4, -0.2) is 47.4 Å². The Morgan fingerprint density at radius 3 is 2.52 bits per heavy atom. The van der Waals surface area contributed by atoms with E-state index in [1.807, 2.05) is 39.0 Å². The van der Waals surface area contributed by atoms with E-state index < -0.39 is 6.04 Å². The molecule has 0 bridgehead atoms. The molecule has 0 aliphatic carbocycles. The maximum Gasteiger partial charge on any atom is 0.240 e. The van der Waals surface area contributed by atoms with Gasteiger partial charge in [-0.25, -0.2) is 0 Å². The summed E-state index contributed by atoms with van der Waals surface area (Å²) in [6.45, 7) is 6.46. The van der Waals surface area contributed by atoms with Gasteiger partial charge in [-0.15, -0.1) is 0 Å². The molecule has 1 aliphatic rings. The molecule has 3 rings (SSSR count). The number of amides is 1. The summed E-state index contributed by atoms with van der Waals surface area (Å²) >= 11 is 0. The maximum atomic E-state index is 13.0. The Morgan fingerprint density at radius 1 is 1.28 bits per heavy atom. The van der Waals surface area contributed by atoms with E-state index in [9.17, 15) is 9.90 Å². The molecule has 0 fully saturated rings. The van der Waals surface area contributed by atoms with Gasteiger partial charge in [0, 0.05) is 7.05 Å². The van der Waals surface area contributed by atoms with E-state index in [-0.39, 0.29) is 23.7 Å². The van der Waals surface area contributed by atoms with Gasteiger partial charge in [0.15, 0.2) is 0 Å². The van der Waals surface area contributed by atoms with Gasteiger partial charge in [0.25, 0.3) is 0 Å². The van der Waals surface area contributed by atoms with Gasteiger partial charge in [0.05, 0.1) is 24.7 Å². The summed E-state index contributed by atoms with van der Waals surface area (Å²) < 4.78 is 0. The van der Waals surface area contributed by atoms with Crippen LogP contribution in [-0.2, 0) is 11.2 Å². The van der Waals surface area contributed by atoms with E-state index in [1.165, 1.54) is 5.56 Å². The van der Waals surface area contributed by atoms with Crippen LogP contribution in [0.25, 0.3) is 0 Å². The minimum absolute atomic E-state index is 0.128. The molecule has 6 nitrogen and oxygen atoms in total. The fourth-order valence-corrected chi connectivity index (χ4v) is 3.82. The zero-order chi connectivity index (χ0) is 21.1. The van der Waals surface area contributed by atoms with E-state index in [2.05, 4.69) is 22.4 Å². The number of rotatable bonds is 6. The lowest BCUT2D eigenvalue weighted by molar-refractivity contribution is -0.132. The molecule has 29 heavy (non-hydrogen) atoms. The quantitative estimate of drug-likeness (QED) is 0.702. The zero-order valence-corrected chi connectivity index (χ0v) is 17.5. The normalized spacial score (nSPS) is 18.0. The van der Waals surface area contributed by atoms with E-state index in [0.717, 1.165) is 22.5 Å². The first kappa shape index (κ1) is 20.9. The molecule has 1 aliphatic heterocycles. The summed E-state index contributed by atoms with van der Waals surface area (Å²) in [4.78, 5) is 19.2. The predicted octanol–water partition coefficient (Wildman–Crippen LogP) is 2.47. The molecule has 2 aromatic carbocycles. The molecule has 0 saturated heterocycles. The molecule has 154 valence electrons. The van der Waals surface area contributed by atoms with Crippen molar-refractivity contribution in [3.63, 3.8) is 0 Å². The molecule has 0 radical (unpaired) electrons. The summed E-state index contributed by atoms with van der Waals surface area (Å²) in [5.41, 5.74) is 10.3. The molecular weight excluding hydrogens is 364 g/mol. The number of aromatic hydroxyl groups is 1. The number of hydrogen-bond donors (Lipinski definition) is 3. The fraction of sp³-hybridized carbons (Fsp3) is 0.391. The highest BCUT2D eigenvalue weighted by atomic mass is 16.3. The summed E-state index contributed by atoms with van der Waals surface area (Å²) in [6, 6.07) is 12.9. The topological polar surface area (TPSA) is 91.0 Å². The van der Waals surface area contributed by atoms with E-state index in [1.54, 1.807) is 24.1 Å². The molecule has 1 unspecified atom stereocenters. The van der Waals surface area contributed by atoms with Gasteiger partial charge in [-0.3, -0.25) is 9.79 Å². The average molecular weight is 395 g/mol. The van der Waals surface area contributed by atoms with E-state index in [4.69, 9.17) is 5.73 Å². The van der Waals surface area contributed by atoms with Crippen molar-refractivity contribution in [2.75, 3.05) is 13.6 Å². The molecule has 1 amide bonds. The average Bonchev–Trinajstić information content (AvgIpc) is 3.19.